The molecule has 2 heterocycles. The van der Waals surface area contributed by atoms with Crippen LogP contribution in [0.5, 0.6) is 0 Å². The van der Waals surface area contributed by atoms with E-state index in [-0.39, 0.29) is 15.9 Å². The van der Waals surface area contributed by atoms with Gasteiger partial charge < -0.3 is 15.9 Å². The van der Waals surface area contributed by atoms with Crippen molar-refractivity contribution in [3.8, 4) is 11.3 Å². The fourth-order valence-electron chi connectivity index (χ4n) is 1.96. The van der Waals surface area contributed by atoms with Crippen molar-refractivity contribution in [2.24, 2.45) is 0 Å². The Kier molecular flexibility index (Phi) is 2.96. The Balaban J connectivity index is 2.36. The van der Waals surface area contributed by atoms with Gasteiger partial charge in [-0.3, -0.25) is 4.98 Å². The van der Waals surface area contributed by atoms with E-state index in [0.29, 0.717) is 27.9 Å². The van der Waals surface area contributed by atoms with E-state index in [1.807, 2.05) is 0 Å². The van der Waals surface area contributed by atoms with Crippen molar-refractivity contribution in [2.45, 2.75) is 0 Å². The van der Waals surface area contributed by atoms with Crippen LogP contribution in [0.2, 0.25) is 10.0 Å². The molecule has 0 fully saturated rings. The second-order valence-corrected chi connectivity index (χ2v) is 4.90. The first kappa shape index (κ1) is 13.0. The predicted molar refractivity (Wildman–Crippen MR) is 78.2 cm³/mol. The van der Waals surface area contributed by atoms with Gasteiger partial charge in [-0.1, -0.05) is 23.2 Å². The molecule has 0 radical (unpaired) electrons. The number of aromatic nitrogens is 1. The van der Waals surface area contributed by atoms with Gasteiger partial charge in [-0.05, 0) is 18.2 Å². The molecule has 3 aromatic rings. The molecule has 0 unspecified atom stereocenters. The number of rotatable bonds is 1. The van der Waals surface area contributed by atoms with Crippen LogP contribution in [0.3, 0.4) is 0 Å². The second-order valence-electron chi connectivity index (χ2n) is 4.14. The average Bonchev–Trinajstić information content (AvgIpc) is 2.73. The number of pyridine rings is 1. The molecule has 102 valence electrons. The zero-order valence-electron chi connectivity index (χ0n) is 9.95. The number of furan rings is 1. The molecule has 0 atom stereocenters. The highest BCUT2D eigenvalue weighted by atomic mass is 35.5. The van der Waals surface area contributed by atoms with E-state index < -0.39 is 5.82 Å². The lowest BCUT2D eigenvalue weighted by Gasteiger charge is -2.06. The quantitative estimate of drug-likeness (QED) is 0.663. The van der Waals surface area contributed by atoms with Crippen molar-refractivity contribution in [1.29, 1.82) is 0 Å². The summed E-state index contributed by atoms with van der Waals surface area (Å²) in [7, 11) is 0. The summed E-state index contributed by atoms with van der Waals surface area (Å²) in [5.74, 6) is -0.510. The van der Waals surface area contributed by atoms with E-state index in [1.54, 1.807) is 6.07 Å². The van der Waals surface area contributed by atoms with E-state index in [0.717, 1.165) is 0 Å². The van der Waals surface area contributed by atoms with Crippen LogP contribution >= 0.6 is 23.2 Å². The largest absolute Gasteiger partial charge is 0.436 e. The number of hydrogen-bond donors (Lipinski definition) is 2. The Morgan fingerprint density at radius 1 is 1.10 bits per heavy atom. The van der Waals surface area contributed by atoms with Gasteiger partial charge in [-0.2, -0.15) is 0 Å². The van der Waals surface area contributed by atoms with Gasteiger partial charge in [0.2, 0.25) is 5.88 Å². The highest BCUT2D eigenvalue weighted by Gasteiger charge is 2.18. The molecule has 7 heteroatoms. The number of halogens is 3. The molecule has 20 heavy (non-hydrogen) atoms. The zero-order valence-corrected chi connectivity index (χ0v) is 11.5. The molecule has 2 aromatic heterocycles. The first-order valence-corrected chi connectivity index (χ1v) is 6.32. The summed E-state index contributed by atoms with van der Waals surface area (Å²) in [6.07, 6.45) is 1.54. The Hall–Kier alpha value is -1.98. The van der Waals surface area contributed by atoms with Crippen molar-refractivity contribution >= 4 is 45.7 Å². The first-order chi connectivity index (χ1) is 9.50. The van der Waals surface area contributed by atoms with Crippen molar-refractivity contribution < 1.29 is 8.81 Å². The van der Waals surface area contributed by atoms with Gasteiger partial charge in [-0.15, -0.1) is 0 Å². The molecule has 0 amide bonds. The van der Waals surface area contributed by atoms with Gasteiger partial charge in [-0.25, -0.2) is 4.39 Å². The maximum atomic E-state index is 13.4. The molecule has 0 aliphatic carbocycles. The maximum absolute atomic E-state index is 13.4. The monoisotopic (exact) mass is 311 g/mol. The molecule has 3 rings (SSSR count). The Labute approximate surface area is 123 Å². The third-order valence-electron chi connectivity index (χ3n) is 2.96. The van der Waals surface area contributed by atoms with Gasteiger partial charge in [0.25, 0.3) is 0 Å². The SMILES string of the molecule is Nc1oc2c(-c3ccc(F)c(Cl)c3Cl)nccc2c1N. The number of anilines is 2. The molecule has 1 aromatic carbocycles. The lowest BCUT2D eigenvalue weighted by atomic mass is 10.1. The molecule has 0 aliphatic heterocycles. The summed E-state index contributed by atoms with van der Waals surface area (Å²) < 4.78 is 18.8. The Morgan fingerprint density at radius 3 is 2.60 bits per heavy atom. The predicted octanol–water partition coefficient (Wildman–Crippen LogP) is 4.11. The number of nitrogen functional groups attached to an aromatic ring is 2. The minimum absolute atomic E-state index is 0.0557. The highest BCUT2D eigenvalue weighted by molar-refractivity contribution is 6.44. The molecular weight excluding hydrogens is 304 g/mol. The summed E-state index contributed by atoms with van der Waals surface area (Å²) in [6.45, 7) is 0. The van der Waals surface area contributed by atoms with E-state index in [1.165, 1.54) is 18.3 Å². The van der Waals surface area contributed by atoms with Crippen LogP contribution in [-0.2, 0) is 0 Å². The summed E-state index contributed by atoms with van der Waals surface area (Å²) in [5.41, 5.74) is 13.0. The van der Waals surface area contributed by atoms with E-state index in [4.69, 9.17) is 39.1 Å². The molecule has 0 spiro atoms. The van der Waals surface area contributed by atoms with Crippen molar-refractivity contribution in [1.82, 2.24) is 4.98 Å². The van der Waals surface area contributed by atoms with Gasteiger partial charge in [0.15, 0.2) is 5.58 Å². The normalized spacial score (nSPS) is 11.2. The van der Waals surface area contributed by atoms with Crippen LogP contribution in [0.4, 0.5) is 16.0 Å². The number of benzene rings is 1. The molecule has 0 aliphatic rings. The molecular formula is C13H8Cl2FN3O. The van der Waals surface area contributed by atoms with Crippen molar-refractivity contribution in [2.75, 3.05) is 11.5 Å². The van der Waals surface area contributed by atoms with E-state index in [9.17, 15) is 4.39 Å². The van der Waals surface area contributed by atoms with Gasteiger partial charge >= 0.3 is 0 Å². The molecule has 4 N–H and O–H groups in total. The third-order valence-corrected chi connectivity index (χ3v) is 3.82. The number of nitrogens with two attached hydrogens (primary N) is 2. The van der Waals surface area contributed by atoms with Gasteiger partial charge in [0.1, 0.15) is 17.2 Å². The zero-order chi connectivity index (χ0) is 14.4. The molecule has 0 saturated carbocycles. The summed E-state index contributed by atoms with van der Waals surface area (Å²) in [4.78, 5) is 4.19. The lowest BCUT2D eigenvalue weighted by Crippen LogP contribution is -1.90. The highest BCUT2D eigenvalue weighted by Crippen LogP contribution is 2.40. The van der Waals surface area contributed by atoms with E-state index in [2.05, 4.69) is 4.98 Å². The number of nitrogens with zero attached hydrogens (tertiary/aromatic N) is 1. The van der Waals surface area contributed by atoms with Crippen LogP contribution in [0, 0.1) is 5.82 Å². The Bertz CT molecular complexity index is 832. The maximum Gasteiger partial charge on any atom is 0.214 e. The topological polar surface area (TPSA) is 78.1 Å². The summed E-state index contributed by atoms with van der Waals surface area (Å²) >= 11 is 11.9. The lowest BCUT2D eigenvalue weighted by molar-refractivity contribution is 0.628. The third kappa shape index (κ3) is 1.78. The number of hydrogen-bond acceptors (Lipinski definition) is 4. The minimum Gasteiger partial charge on any atom is -0.436 e. The fraction of sp³-hybridized carbons (Fsp3) is 0. The standard InChI is InChI=1S/C13H8Cl2FN3O/c14-8-5(1-2-7(16)9(8)15)11-12-6(3-4-19-11)10(17)13(18)20-12/h1-4H,17-18H2. The minimum atomic E-state index is -0.605. The van der Waals surface area contributed by atoms with Crippen LogP contribution in [0.1, 0.15) is 0 Å². The van der Waals surface area contributed by atoms with Gasteiger partial charge in [0.05, 0.1) is 10.0 Å². The first-order valence-electron chi connectivity index (χ1n) is 5.57. The smallest absolute Gasteiger partial charge is 0.214 e. The number of fused-ring (bicyclic) bond motifs is 1. The summed E-state index contributed by atoms with van der Waals surface area (Å²) in [5, 5.41) is 0.500. The average molecular weight is 312 g/mol. The summed E-state index contributed by atoms with van der Waals surface area (Å²) in [6, 6.07) is 4.35. The van der Waals surface area contributed by atoms with Crippen LogP contribution < -0.4 is 11.5 Å². The van der Waals surface area contributed by atoms with Crippen LogP contribution in [0.15, 0.2) is 28.8 Å². The molecule has 0 bridgehead atoms. The van der Waals surface area contributed by atoms with Crippen molar-refractivity contribution in [3.63, 3.8) is 0 Å². The fourth-order valence-corrected chi connectivity index (χ4v) is 2.37. The molecule has 0 saturated heterocycles. The Morgan fingerprint density at radius 2 is 1.85 bits per heavy atom. The van der Waals surface area contributed by atoms with Crippen molar-refractivity contribution in [3.05, 3.63) is 40.3 Å². The van der Waals surface area contributed by atoms with Crippen LogP contribution in [-0.4, -0.2) is 4.98 Å². The van der Waals surface area contributed by atoms with Crippen LogP contribution in [0.25, 0.3) is 22.2 Å². The van der Waals surface area contributed by atoms with Gasteiger partial charge in [0, 0.05) is 17.1 Å². The molecule has 4 nitrogen and oxygen atoms in total. The van der Waals surface area contributed by atoms with E-state index >= 15 is 0 Å². The second kappa shape index (κ2) is 4.54.